The number of carbonyl (C=O) groups excluding carboxylic acids is 1. The summed E-state index contributed by atoms with van der Waals surface area (Å²) in [6.07, 6.45) is 4.36. The van der Waals surface area contributed by atoms with Gasteiger partial charge in [0.2, 0.25) is 0 Å². The predicted molar refractivity (Wildman–Crippen MR) is 58.5 cm³/mol. The number of hydrogen-bond donors (Lipinski definition) is 0. The van der Waals surface area contributed by atoms with Crippen LogP contribution in [0.1, 0.15) is 29.8 Å². The van der Waals surface area contributed by atoms with E-state index in [1.165, 1.54) is 0 Å². The highest BCUT2D eigenvalue weighted by Crippen LogP contribution is 2.18. The molecule has 0 saturated carbocycles. The van der Waals surface area contributed by atoms with Gasteiger partial charge in [0.15, 0.2) is 0 Å². The minimum atomic E-state index is -0.289. The van der Waals surface area contributed by atoms with Crippen molar-refractivity contribution in [3.05, 3.63) is 30.1 Å². The Hall–Kier alpha value is -1.89. The molecule has 0 aromatic carbocycles. The van der Waals surface area contributed by atoms with Crippen molar-refractivity contribution in [1.82, 2.24) is 9.88 Å². The zero-order valence-electron chi connectivity index (χ0n) is 8.97. The maximum absolute atomic E-state index is 12.1. The second kappa shape index (κ2) is 4.75. The SMILES string of the molecule is N#CC1CCCCN1C(=O)c1ccccn1. The van der Waals surface area contributed by atoms with Crippen LogP contribution < -0.4 is 0 Å². The molecule has 2 heterocycles. The van der Waals surface area contributed by atoms with Crippen LogP contribution in [0.3, 0.4) is 0 Å². The van der Waals surface area contributed by atoms with E-state index in [-0.39, 0.29) is 11.9 Å². The van der Waals surface area contributed by atoms with Crippen LogP contribution in [0.5, 0.6) is 0 Å². The van der Waals surface area contributed by atoms with Gasteiger partial charge >= 0.3 is 0 Å². The maximum atomic E-state index is 12.1. The summed E-state index contributed by atoms with van der Waals surface area (Å²) in [6.45, 7) is 0.660. The zero-order valence-corrected chi connectivity index (χ0v) is 8.97. The molecule has 0 spiro atoms. The molecule has 16 heavy (non-hydrogen) atoms. The van der Waals surface area contributed by atoms with Crippen molar-refractivity contribution in [2.75, 3.05) is 6.54 Å². The van der Waals surface area contributed by atoms with E-state index in [0.29, 0.717) is 12.2 Å². The maximum Gasteiger partial charge on any atom is 0.273 e. The fourth-order valence-electron chi connectivity index (χ4n) is 1.95. The molecule has 1 unspecified atom stereocenters. The van der Waals surface area contributed by atoms with E-state index in [9.17, 15) is 4.79 Å². The molecule has 1 amide bonds. The van der Waals surface area contributed by atoms with Gasteiger partial charge in [-0.15, -0.1) is 0 Å². The van der Waals surface area contributed by atoms with Crippen LogP contribution in [-0.4, -0.2) is 28.4 Å². The quantitative estimate of drug-likeness (QED) is 0.715. The molecule has 1 aliphatic heterocycles. The molecule has 0 bridgehead atoms. The first kappa shape index (κ1) is 10.6. The first-order valence-corrected chi connectivity index (χ1v) is 5.44. The minimum absolute atomic E-state index is 0.133. The van der Waals surface area contributed by atoms with E-state index in [1.807, 2.05) is 0 Å². The number of piperidine rings is 1. The normalized spacial score (nSPS) is 20.2. The Morgan fingerprint density at radius 3 is 3.06 bits per heavy atom. The minimum Gasteiger partial charge on any atom is -0.321 e. The highest BCUT2D eigenvalue weighted by Gasteiger charge is 2.27. The van der Waals surface area contributed by atoms with Crippen LogP contribution in [0, 0.1) is 11.3 Å². The Kier molecular flexibility index (Phi) is 3.16. The van der Waals surface area contributed by atoms with Gasteiger partial charge in [-0.2, -0.15) is 5.26 Å². The molecule has 0 N–H and O–H groups in total. The Morgan fingerprint density at radius 1 is 1.50 bits per heavy atom. The molecule has 4 nitrogen and oxygen atoms in total. The number of pyridine rings is 1. The second-order valence-corrected chi connectivity index (χ2v) is 3.85. The van der Waals surface area contributed by atoms with Gasteiger partial charge in [-0.1, -0.05) is 6.07 Å². The number of aromatic nitrogens is 1. The highest BCUT2D eigenvalue weighted by molar-refractivity contribution is 5.92. The summed E-state index contributed by atoms with van der Waals surface area (Å²) in [5, 5.41) is 8.99. The monoisotopic (exact) mass is 215 g/mol. The van der Waals surface area contributed by atoms with Gasteiger partial charge in [-0.25, -0.2) is 0 Å². The zero-order chi connectivity index (χ0) is 11.4. The van der Waals surface area contributed by atoms with Crippen LogP contribution in [0.25, 0.3) is 0 Å². The number of rotatable bonds is 1. The summed E-state index contributed by atoms with van der Waals surface area (Å²) in [5.74, 6) is -0.133. The Morgan fingerprint density at radius 2 is 2.38 bits per heavy atom. The van der Waals surface area contributed by atoms with E-state index in [1.54, 1.807) is 29.3 Å². The average Bonchev–Trinajstić information content (AvgIpc) is 2.39. The highest BCUT2D eigenvalue weighted by atomic mass is 16.2. The molecule has 1 saturated heterocycles. The summed E-state index contributed by atoms with van der Waals surface area (Å²) in [4.78, 5) is 17.7. The number of nitriles is 1. The second-order valence-electron chi connectivity index (χ2n) is 3.85. The smallest absolute Gasteiger partial charge is 0.273 e. The summed E-state index contributed by atoms with van der Waals surface area (Å²) >= 11 is 0. The topological polar surface area (TPSA) is 57.0 Å². The van der Waals surface area contributed by atoms with Crippen molar-refractivity contribution in [2.24, 2.45) is 0 Å². The Labute approximate surface area is 94.5 Å². The summed E-state index contributed by atoms with van der Waals surface area (Å²) < 4.78 is 0. The average molecular weight is 215 g/mol. The van der Waals surface area contributed by atoms with Gasteiger partial charge in [0.05, 0.1) is 6.07 Å². The van der Waals surface area contributed by atoms with Crippen molar-refractivity contribution < 1.29 is 4.79 Å². The molecule has 1 aromatic rings. The molecule has 0 aliphatic carbocycles. The molecule has 1 atom stereocenters. The van der Waals surface area contributed by atoms with Crippen molar-refractivity contribution in [3.63, 3.8) is 0 Å². The lowest BCUT2D eigenvalue weighted by molar-refractivity contribution is 0.0664. The van der Waals surface area contributed by atoms with Crippen molar-refractivity contribution in [3.8, 4) is 6.07 Å². The molecule has 2 rings (SSSR count). The van der Waals surface area contributed by atoms with Gasteiger partial charge < -0.3 is 4.90 Å². The third-order valence-electron chi connectivity index (χ3n) is 2.80. The predicted octanol–water partition coefficient (Wildman–Crippen LogP) is 1.60. The third kappa shape index (κ3) is 2.03. The first-order valence-electron chi connectivity index (χ1n) is 5.44. The van der Waals surface area contributed by atoms with Crippen LogP contribution >= 0.6 is 0 Å². The van der Waals surface area contributed by atoms with Crippen LogP contribution in [-0.2, 0) is 0 Å². The van der Waals surface area contributed by atoms with E-state index < -0.39 is 0 Å². The number of carbonyl (C=O) groups is 1. The molecule has 4 heteroatoms. The van der Waals surface area contributed by atoms with Crippen LogP contribution in [0.2, 0.25) is 0 Å². The third-order valence-corrected chi connectivity index (χ3v) is 2.80. The summed E-state index contributed by atoms with van der Waals surface area (Å²) in [7, 11) is 0. The lowest BCUT2D eigenvalue weighted by Gasteiger charge is -2.31. The lowest BCUT2D eigenvalue weighted by atomic mass is 10.0. The van der Waals surface area contributed by atoms with E-state index in [0.717, 1.165) is 19.3 Å². The number of hydrogen-bond acceptors (Lipinski definition) is 3. The number of likely N-dealkylation sites (tertiary alicyclic amines) is 1. The van der Waals surface area contributed by atoms with Gasteiger partial charge in [0, 0.05) is 12.7 Å². The van der Waals surface area contributed by atoms with Crippen LogP contribution in [0.4, 0.5) is 0 Å². The molecule has 82 valence electrons. The fourth-order valence-corrected chi connectivity index (χ4v) is 1.95. The van der Waals surface area contributed by atoms with Gasteiger partial charge in [-0.3, -0.25) is 9.78 Å². The summed E-state index contributed by atoms with van der Waals surface area (Å²) in [5.41, 5.74) is 0.421. The van der Waals surface area contributed by atoms with Crippen molar-refractivity contribution in [2.45, 2.75) is 25.3 Å². The van der Waals surface area contributed by atoms with E-state index in [4.69, 9.17) is 5.26 Å². The van der Waals surface area contributed by atoms with Gasteiger partial charge in [0.1, 0.15) is 11.7 Å². The molecule has 1 aromatic heterocycles. The molecule has 1 aliphatic rings. The standard InChI is InChI=1S/C12H13N3O/c13-9-10-5-2-4-8-15(10)12(16)11-6-1-3-7-14-11/h1,3,6-7,10H,2,4-5,8H2. The van der Waals surface area contributed by atoms with Crippen LogP contribution in [0.15, 0.2) is 24.4 Å². The Bertz CT molecular complexity index is 410. The fraction of sp³-hybridized carbons (Fsp3) is 0.417. The molecular formula is C12H13N3O. The largest absolute Gasteiger partial charge is 0.321 e. The van der Waals surface area contributed by atoms with Crippen molar-refractivity contribution in [1.29, 1.82) is 5.26 Å². The molecule has 0 radical (unpaired) electrons. The van der Waals surface area contributed by atoms with Crippen molar-refractivity contribution >= 4 is 5.91 Å². The van der Waals surface area contributed by atoms with Gasteiger partial charge in [0.25, 0.3) is 5.91 Å². The Balaban J connectivity index is 2.18. The van der Waals surface area contributed by atoms with E-state index >= 15 is 0 Å². The summed E-state index contributed by atoms with van der Waals surface area (Å²) in [6, 6.07) is 7.14. The number of amides is 1. The van der Waals surface area contributed by atoms with E-state index in [2.05, 4.69) is 11.1 Å². The lowest BCUT2D eigenvalue weighted by Crippen LogP contribution is -2.43. The molecular weight excluding hydrogens is 202 g/mol. The number of nitrogens with zero attached hydrogens (tertiary/aromatic N) is 3. The molecule has 1 fully saturated rings. The first-order chi connectivity index (χ1) is 7.83. The van der Waals surface area contributed by atoms with Gasteiger partial charge in [-0.05, 0) is 31.4 Å².